The quantitative estimate of drug-likeness (QED) is 0.667. The number of imidazole rings is 1. The molecule has 3 amide bonds. The Balaban J connectivity index is 1.63. The van der Waals surface area contributed by atoms with Crippen LogP contribution in [-0.4, -0.2) is 45.1 Å². The topological polar surface area (TPSA) is 66.7 Å². The highest BCUT2D eigenvalue weighted by Crippen LogP contribution is 2.18. The predicted molar refractivity (Wildman–Crippen MR) is 71.0 cm³/mol. The molecule has 1 aliphatic rings. The minimum absolute atomic E-state index is 0.107. The highest BCUT2D eigenvalue weighted by molar-refractivity contribution is 7.99. The largest absolute Gasteiger partial charge is 0.329 e. The number of amides is 3. The van der Waals surface area contributed by atoms with Gasteiger partial charge >= 0.3 is 6.03 Å². The van der Waals surface area contributed by atoms with Crippen LogP contribution >= 0.6 is 11.8 Å². The molecule has 0 atom stereocenters. The number of urea groups is 1. The van der Waals surface area contributed by atoms with E-state index in [9.17, 15) is 9.59 Å². The zero-order valence-corrected chi connectivity index (χ0v) is 10.9. The molecule has 0 aliphatic carbocycles. The third-order valence-electron chi connectivity index (χ3n) is 2.89. The molecule has 0 saturated carbocycles. The Labute approximate surface area is 113 Å². The number of fused-ring (bicyclic) bond motifs is 1. The van der Waals surface area contributed by atoms with Gasteiger partial charge in [0.05, 0.1) is 18.3 Å². The highest BCUT2D eigenvalue weighted by Gasteiger charge is 2.27. The summed E-state index contributed by atoms with van der Waals surface area (Å²) in [4.78, 5) is 28.3. The van der Waals surface area contributed by atoms with Crippen LogP contribution in [0.3, 0.4) is 0 Å². The third-order valence-corrected chi connectivity index (χ3v) is 3.83. The minimum Gasteiger partial charge on any atom is -0.329 e. The summed E-state index contributed by atoms with van der Waals surface area (Å²) in [6.45, 7) is 0.507. The molecule has 2 aromatic rings. The fourth-order valence-corrected chi connectivity index (χ4v) is 2.82. The van der Waals surface area contributed by atoms with Crippen LogP contribution in [-0.2, 0) is 4.79 Å². The van der Waals surface area contributed by atoms with Crippen molar-refractivity contribution in [3.63, 3.8) is 0 Å². The van der Waals surface area contributed by atoms with Crippen molar-refractivity contribution in [2.75, 3.05) is 18.8 Å². The summed E-state index contributed by atoms with van der Waals surface area (Å²) in [6, 6.07) is 5.57. The average Bonchev–Trinajstić information content (AvgIpc) is 2.97. The number of rotatable bonds is 4. The van der Waals surface area contributed by atoms with Gasteiger partial charge in [-0.2, -0.15) is 0 Å². The molecular weight excluding hydrogens is 264 g/mol. The van der Waals surface area contributed by atoms with Crippen LogP contribution in [0.4, 0.5) is 4.79 Å². The maximum atomic E-state index is 11.4. The Morgan fingerprint density at radius 3 is 3.05 bits per heavy atom. The second-order valence-corrected chi connectivity index (χ2v) is 5.15. The van der Waals surface area contributed by atoms with E-state index in [-0.39, 0.29) is 18.5 Å². The van der Waals surface area contributed by atoms with E-state index in [0.29, 0.717) is 12.3 Å². The van der Waals surface area contributed by atoms with Gasteiger partial charge < -0.3 is 5.32 Å². The molecule has 2 aromatic heterocycles. The van der Waals surface area contributed by atoms with Gasteiger partial charge in [0, 0.05) is 18.5 Å². The first-order chi connectivity index (χ1) is 9.25. The lowest BCUT2D eigenvalue weighted by molar-refractivity contribution is -0.124. The smallest absolute Gasteiger partial charge is 0.324 e. The van der Waals surface area contributed by atoms with Gasteiger partial charge in [0.2, 0.25) is 5.91 Å². The van der Waals surface area contributed by atoms with Crippen LogP contribution in [0.5, 0.6) is 0 Å². The second-order valence-electron chi connectivity index (χ2n) is 4.09. The molecule has 1 saturated heterocycles. The van der Waals surface area contributed by atoms with Gasteiger partial charge in [-0.25, -0.2) is 9.78 Å². The van der Waals surface area contributed by atoms with Crippen molar-refractivity contribution in [1.29, 1.82) is 0 Å². The van der Waals surface area contributed by atoms with Crippen molar-refractivity contribution in [3.05, 3.63) is 30.6 Å². The maximum absolute atomic E-state index is 11.4. The second kappa shape index (κ2) is 4.93. The van der Waals surface area contributed by atoms with Crippen molar-refractivity contribution in [1.82, 2.24) is 19.6 Å². The molecule has 0 unspecified atom stereocenters. The summed E-state index contributed by atoms with van der Waals surface area (Å²) in [6.07, 6.45) is 3.74. The van der Waals surface area contributed by atoms with E-state index < -0.39 is 0 Å². The van der Waals surface area contributed by atoms with Crippen molar-refractivity contribution in [2.45, 2.75) is 5.16 Å². The van der Waals surface area contributed by atoms with Gasteiger partial charge in [0.25, 0.3) is 0 Å². The fraction of sp³-hybridized carbons (Fsp3) is 0.250. The molecule has 0 bridgehead atoms. The summed E-state index contributed by atoms with van der Waals surface area (Å²) < 4.78 is 1.98. The van der Waals surface area contributed by atoms with Crippen LogP contribution in [0.25, 0.3) is 5.52 Å². The number of hydrogen-bond acceptors (Lipinski definition) is 4. The molecule has 6 nitrogen and oxygen atoms in total. The van der Waals surface area contributed by atoms with E-state index >= 15 is 0 Å². The van der Waals surface area contributed by atoms with Crippen molar-refractivity contribution >= 4 is 29.2 Å². The number of pyridine rings is 1. The number of carbonyl (C=O) groups is 2. The van der Waals surface area contributed by atoms with Crippen molar-refractivity contribution in [2.24, 2.45) is 0 Å². The molecule has 1 aliphatic heterocycles. The van der Waals surface area contributed by atoms with E-state index in [1.54, 1.807) is 6.20 Å². The van der Waals surface area contributed by atoms with E-state index in [4.69, 9.17) is 0 Å². The highest BCUT2D eigenvalue weighted by atomic mass is 32.2. The van der Waals surface area contributed by atoms with Crippen LogP contribution in [0.1, 0.15) is 0 Å². The standard InChI is InChI=1S/C12H12N4O2S/c17-10-8-13-11(18)16(10)5-6-19-12-14-7-9-3-1-2-4-15(9)12/h1-4,7H,5-6,8H2,(H,13,18). The monoisotopic (exact) mass is 276 g/mol. The van der Waals surface area contributed by atoms with Gasteiger partial charge in [-0.3, -0.25) is 14.1 Å². The Hall–Kier alpha value is -2.02. The van der Waals surface area contributed by atoms with Gasteiger partial charge in [-0.05, 0) is 12.1 Å². The predicted octanol–water partition coefficient (Wildman–Crippen LogP) is 0.978. The Kier molecular flexibility index (Phi) is 3.12. The Bertz CT molecular complexity index is 623. The molecule has 1 N–H and O–H groups in total. The molecule has 0 radical (unpaired) electrons. The molecule has 98 valence electrons. The van der Waals surface area contributed by atoms with Gasteiger partial charge in [-0.1, -0.05) is 17.8 Å². The fourth-order valence-electron chi connectivity index (χ4n) is 1.94. The number of hydrogen-bond donors (Lipinski definition) is 1. The average molecular weight is 276 g/mol. The SMILES string of the molecule is O=C1CNC(=O)N1CCSc1ncc2ccccn12. The molecule has 1 fully saturated rings. The molecule has 19 heavy (non-hydrogen) atoms. The van der Waals surface area contributed by atoms with Crippen LogP contribution in [0.2, 0.25) is 0 Å². The van der Waals surface area contributed by atoms with Crippen LogP contribution in [0.15, 0.2) is 35.7 Å². The molecular formula is C12H12N4O2S. The lowest BCUT2D eigenvalue weighted by Gasteiger charge is -2.11. The number of nitrogens with one attached hydrogen (secondary N) is 1. The first-order valence-corrected chi connectivity index (χ1v) is 6.87. The van der Waals surface area contributed by atoms with Gasteiger partial charge in [0.1, 0.15) is 0 Å². The zero-order valence-electron chi connectivity index (χ0n) is 10.1. The normalized spacial score (nSPS) is 15.3. The molecule has 0 aromatic carbocycles. The molecule has 3 rings (SSSR count). The zero-order chi connectivity index (χ0) is 13.2. The minimum atomic E-state index is -0.307. The lowest BCUT2D eigenvalue weighted by Crippen LogP contribution is -2.32. The van der Waals surface area contributed by atoms with Crippen LogP contribution < -0.4 is 5.32 Å². The number of imide groups is 1. The molecule has 3 heterocycles. The van der Waals surface area contributed by atoms with Crippen LogP contribution in [0, 0.1) is 0 Å². The lowest BCUT2D eigenvalue weighted by atomic mass is 10.4. The Morgan fingerprint density at radius 2 is 2.26 bits per heavy atom. The van der Waals surface area contributed by atoms with E-state index in [2.05, 4.69) is 10.3 Å². The summed E-state index contributed by atoms with van der Waals surface area (Å²) in [5.41, 5.74) is 1.03. The van der Waals surface area contributed by atoms with Crippen molar-refractivity contribution in [3.8, 4) is 0 Å². The summed E-state index contributed by atoms with van der Waals surface area (Å²) >= 11 is 1.53. The molecule has 0 spiro atoms. The van der Waals surface area contributed by atoms with Gasteiger partial charge in [0.15, 0.2) is 5.16 Å². The first kappa shape index (κ1) is 12.0. The summed E-state index contributed by atoms with van der Waals surface area (Å²) in [5, 5.41) is 3.36. The number of aromatic nitrogens is 2. The summed E-state index contributed by atoms with van der Waals surface area (Å²) in [7, 11) is 0. The van der Waals surface area contributed by atoms with E-state index in [1.807, 2.05) is 28.8 Å². The summed E-state index contributed by atoms with van der Waals surface area (Å²) in [5.74, 6) is 0.464. The van der Waals surface area contributed by atoms with Crippen molar-refractivity contribution < 1.29 is 9.59 Å². The number of nitrogens with zero attached hydrogens (tertiary/aromatic N) is 3. The number of carbonyl (C=O) groups excluding carboxylic acids is 2. The third kappa shape index (κ3) is 2.28. The first-order valence-electron chi connectivity index (χ1n) is 5.89. The number of thioether (sulfide) groups is 1. The maximum Gasteiger partial charge on any atom is 0.324 e. The Morgan fingerprint density at radius 1 is 1.37 bits per heavy atom. The molecule has 7 heteroatoms. The van der Waals surface area contributed by atoms with E-state index in [1.165, 1.54) is 16.7 Å². The van der Waals surface area contributed by atoms with E-state index in [0.717, 1.165) is 10.7 Å². The van der Waals surface area contributed by atoms with Gasteiger partial charge in [-0.15, -0.1) is 0 Å².